The lowest BCUT2D eigenvalue weighted by atomic mass is 9.71. The van der Waals surface area contributed by atoms with Crippen molar-refractivity contribution in [2.24, 2.45) is 5.41 Å². The van der Waals surface area contributed by atoms with Crippen molar-refractivity contribution in [1.82, 2.24) is 5.32 Å². The number of amides is 2. The minimum absolute atomic E-state index is 0.280. The smallest absolute Gasteiger partial charge is 0.319 e. The highest BCUT2D eigenvalue weighted by Crippen LogP contribution is 2.39. The molecule has 0 aliphatic heterocycles. The number of carbonyl (C=O) groups is 1. The van der Waals surface area contributed by atoms with E-state index in [0.29, 0.717) is 10.7 Å². The van der Waals surface area contributed by atoms with E-state index in [0.717, 1.165) is 25.7 Å². The maximum atomic E-state index is 11.8. The van der Waals surface area contributed by atoms with Crippen LogP contribution < -0.4 is 10.6 Å². The summed E-state index contributed by atoms with van der Waals surface area (Å²) in [7, 11) is 0. The van der Waals surface area contributed by atoms with E-state index < -0.39 is 5.60 Å². The maximum Gasteiger partial charge on any atom is 0.319 e. The molecule has 4 nitrogen and oxygen atoms in total. The van der Waals surface area contributed by atoms with Crippen molar-refractivity contribution < 1.29 is 9.90 Å². The lowest BCUT2D eigenvalue weighted by molar-refractivity contribution is -0.0220. The highest BCUT2D eigenvalue weighted by Gasteiger charge is 2.36. The molecule has 1 aromatic carbocycles. The van der Waals surface area contributed by atoms with Crippen LogP contribution in [-0.4, -0.2) is 23.3 Å². The van der Waals surface area contributed by atoms with Crippen molar-refractivity contribution in [2.45, 2.75) is 45.1 Å². The van der Waals surface area contributed by atoms with Crippen LogP contribution in [0.2, 0.25) is 5.02 Å². The van der Waals surface area contributed by atoms with Crippen LogP contribution in [0.1, 0.15) is 39.5 Å². The first kappa shape index (κ1) is 16.1. The molecule has 0 heterocycles. The van der Waals surface area contributed by atoms with Crippen LogP contribution in [0, 0.1) is 5.41 Å². The Morgan fingerprint density at radius 2 is 1.76 bits per heavy atom. The molecule has 2 amide bonds. The van der Waals surface area contributed by atoms with Crippen molar-refractivity contribution in [3.05, 3.63) is 29.3 Å². The van der Waals surface area contributed by atoms with E-state index in [4.69, 9.17) is 11.6 Å². The summed E-state index contributed by atoms with van der Waals surface area (Å²) in [5, 5.41) is 16.6. The van der Waals surface area contributed by atoms with Crippen LogP contribution in [0.3, 0.4) is 0 Å². The molecule has 3 N–H and O–H groups in total. The highest BCUT2D eigenvalue weighted by molar-refractivity contribution is 6.30. The Morgan fingerprint density at radius 3 is 2.33 bits per heavy atom. The Hall–Kier alpha value is -1.26. The van der Waals surface area contributed by atoms with Crippen LogP contribution in [0.4, 0.5) is 10.5 Å². The van der Waals surface area contributed by atoms with E-state index in [1.807, 2.05) is 0 Å². The second kappa shape index (κ2) is 6.24. The van der Waals surface area contributed by atoms with Gasteiger partial charge in [-0.25, -0.2) is 4.79 Å². The van der Waals surface area contributed by atoms with Crippen LogP contribution in [0.25, 0.3) is 0 Å². The molecule has 0 spiro atoms. The average Bonchev–Trinajstić information content (AvgIpc) is 2.43. The molecule has 116 valence electrons. The first-order chi connectivity index (χ1) is 9.78. The maximum absolute atomic E-state index is 11.8. The number of hydrogen-bond donors (Lipinski definition) is 3. The van der Waals surface area contributed by atoms with Crippen molar-refractivity contribution in [3.63, 3.8) is 0 Å². The van der Waals surface area contributed by atoms with Crippen LogP contribution in [-0.2, 0) is 0 Å². The summed E-state index contributed by atoms with van der Waals surface area (Å²) in [4.78, 5) is 11.8. The molecular formula is C16H23ClN2O2. The van der Waals surface area contributed by atoms with Gasteiger partial charge in [-0.3, -0.25) is 0 Å². The number of rotatable bonds is 3. The third-order valence-electron chi connectivity index (χ3n) is 4.21. The monoisotopic (exact) mass is 310 g/mol. The number of halogens is 1. The van der Waals surface area contributed by atoms with Gasteiger partial charge in [0.15, 0.2) is 0 Å². The van der Waals surface area contributed by atoms with E-state index in [2.05, 4.69) is 24.5 Å². The zero-order chi connectivity index (χ0) is 15.5. The largest absolute Gasteiger partial charge is 0.388 e. The molecule has 1 fully saturated rings. The zero-order valence-electron chi connectivity index (χ0n) is 12.6. The average molecular weight is 311 g/mol. The van der Waals surface area contributed by atoms with Gasteiger partial charge in [0.25, 0.3) is 0 Å². The van der Waals surface area contributed by atoms with E-state index in [9.17, 15) is 9.90 Å². The van der Waals surface area contributed by atoms with Crippen LogP contribution >= 0.6 is 11.6 Å². The van der Waals surface area contributed by atoms with Crippen molar-refractivity contribution >= 4 is 23.3 Å². The van der Waals surface area contributed by atoms with Crippen LogP contribution in [0.15, 0.2) is 24.3 Å². The molecule has 1 aliphatic rings. The third kappa shape index (κ3) is 4.90. The van der Waals surface area contributed by atoms with Gasteiger partial charge in [0, 0.05) is 17.3 Å². The quantitative estimate of drug-likeness (QED) is 0.795. The van der Waals surface area contributed by atoms with E-state index in [1.165, 1.54) is 0 Å². The Labute approximate surface area is 130 Å². The van der Waals surface area contributed by atoms with Gasteiger partial charge in [-0.1, -0.05) is 25.4 Å². The summed E-state index contributed by atoms with van der Waals surface area (Å²) < 4.78 is 0. The van der Waals surface area contributed by atoms with E-state index in [1.54, 1.807) is 24.3 Å². The lowest BCUT2D eigenvalue weighted by Crippen LogP contribution is -2.47. The number of urea groups is 1. The Kier molecular flexibility index (Phi) is 4.79. The molecule has 2 rings (SSSR count). The first-order valence-corrected chi connectivity index (χ1v) is 7.69. The minimum Gasteiger partial charge on any atom is -0.388 e. The molecule has 5 heteroatoms. The topological polar surface area (TPSA) is 61.4 Å². The number of benzene rings is 1. The van der Waals surface area contributed by atoms with Gasteiger partial charge in [0.1, 0.15) is 0 Å². The summed E-state index contributed by atoms with van der Waals surface area (Å²) >= 11 is 5.79. The number of anilines is 1. The fraction of sp³-hybridized carbons (Fsp3) is 0.562. The predicted molar refractivity (Wildman–Crippen MR) is 85.7 cm³/mol. The van der Waals surface area contributed by atoms with E-state index >= 15 is 0 Å². The summed E-state index contributed by atoms with van der Waals surface area (Å²) in [5.41, 5.74) is 0.179. The summed E-state index contributed by atoms with van der Waals surface area (Å²) in [5.74, 6) is 0. The molecule has 1 saturated carbocycles. The van der Waals surface area contributed by atoms with Crippen molar-refractivity contribution in [2.75, 3.05) is 11.9 Å². The molecule has 0 unspecified atom stereocenters. The summed E-state index contributed by atoms with van der Waals surface area (Å²) in [6, 6.07) is 6.59. The summed E-state index contributed by atoms with van der Waals surface area (Å²) in [6.07, 6.45) is 3.40. The van der Waals surface area contributed by atoms with Gasteiger partial charge in [0.2, 0.25) is 0 Å². The second-order valence-electron chi connectivity index (χ2n) is 6.70. The van der Waals surface area contributed by atoms with Crippen molar-refractivity contribution in [3.8, 4) is 0 Å². The second-order valence-corrected chi connectivity index (χ2v) is 7.14. The van der Waals surface area contributed by atoms with Gasteiger partial charge >= 0.3 is 6.03 Å². The molecular weight excluding hydrogens is 288 g/mol. The molecule has 1 aromatic rings. The normalized spacial score (nSPS) is 19.8. The van der Waals surface area contributed by atoms with Gasteiger partial charge in [0.05, 0.1) is 5.60 Å². The Morgan fingerprint density at radius 1 is 1.19 bits per heavy atom. The minimum atomic E-state index is -0.785. The molecule has 0 atom stereocenters. The molecule has 0 saturated heterocycles. The zero-order valence-corrected chi connectivity index (χ0v) is 13.3. The third-order valence-corrected chi connectivity index (χ3v) is 4.47. The standard InChI is InChI=1S/C16H23ClN2O2/c1-15(2)7-9-16(21,10-8-15)11-18-14(20)19-13-5-3-12(17)4-6-13/h3-6,21H,7-11H2,1-2H3,(H2,18,19,20). The molecule has 21 heavy (non-hydrogen) atoms. The van der Waals surface area contributed by atoms with Gasteiger partial charge in [-0.2, -0.15) is 0 Å². The Bertz CT molecular complexity index is 490. The molecule has 0 aromatic heterocycles. The summed E-state index contributed by atoms with van der Waals surface area (Å²) in [6.45, 7) is 4.71. The Balaban J connectivity index is 1.80. The van der Waals surface area contributed by atoms with Gasteiger partial charge in [-0.15, -0.1) is 0 Å². The highest BCUT2D eigenvalue weighted by atomic mass is 35.5. The van der Waals surface area contributed by atoms with Gasteiger partial charge in [-0.05, 0) is 55.4 Å². The number of carbonyl (C=O) groups excluding carboxylic acids is 1. The fourth-order valence-corrected chi connectivity index (χ4v) is 2.65. The van der Waals surface area contributed by atoms with E-state index in [-0.39, 0.29) is 18.0 Å². The van der Waals surface area contributed by atoms with Crippen LogP contribution in [0.5, 0.6) is 0 Å². The number of hydrogen-bond acceptors (Lipinski definition) is 2. The van der Waals surface area contributed by atoms with Crippen molar-refractivity contribution in [1.29, 1.82) is 0 Å². The lowest BCUT2D eigenvalue weighted by Gasteiger charge is -2.40. The predicted octanol–water partition coefficient (Wildman–Crippen LogP) is 3.79. The molecule has 0 radical (unpaired) electrons. The fourth-order valence-electron chi connectivity index (χ4n) is 2.52. The first-order valence-electron chi connectivity index (χ1n) is 7.31. The molecule has 1 aliphatic carbocycles. The number of aliphatic hydroxyl groups is 1. The number of nitrogens with one attached hydrogen (secondary N) is 2. The van der Waals surface area contributed by atoms with Gasteiger partial charge < -0.3 is 15.7 Å². The molecule has 0 bridgehead atoms. The SMILES string of the molecule is CC1(C)CCC(O)(CNC(=O)Nc2ccc(Cl)cc2)CC1.